The van der Waals surface area contributed by atoms with Crippen molar-refractivity contribution in [1.82, 2.24) is 25.5 Å². The summed E-state index contributed by atoms with van der Waals surface area (Å²) in [5, 5.41) is 10.5. The van der Waals surface area contributed by atoms with Gasteiger partial charge in [0.25, 0.3) is 0 Å². The van der Waals surface area contributed by atoms with Gasteiger partial charge in [0.2, 0.25) is 0 Å². The molecule has 1 aliphatic heterocycles. The lowest BCUT2D eigenvalue weighted by molar-refractivity contribution is 0.733. The van der Waals surface area contributed by atoms with E-state index in [1.807, 2.05) is 0 Å². The molecule has 2 N–H and O–H groups in total. The molecule has 2 aromatic rings. The zero-order valence-corrected chi connectivity index (χ0v) is 7.70. The van der Waals surface area contributed by atoms with Crippen LogP contribution in [0.25, 0.3) is 11.2 Å². The first kappa shape index (κ1) is 7.87. The maximum absolute atomic E-state index is 4.30. The van der Waals surface area contributed by atoms with Gasteiger partial charge in [-0.25, -0.2) is 9.97 Å². The van der Waals surface area contributed by atoms with Crippen LogP contribution in [-0.2, 0) is 0 Å². The van der Waals surface area contributed by atoms with Crippen LogP contribution in [0.5, 0.6) is 0 Å². The lowest BCUT2D eigenvalue weighted by atomic mass is 10.0. The van der Waals surface area contributed by atoms with E-state index in [1.165, 1.54) is 0 Å². The van der Waals surface area contributed by atoms with Gasteiger partial charge in [-0.05, 0) is 13.0 Å². The van der Waals surface area contributed by atoms with Crippen molar-refractivity contribution < 1.29 is 0 Å². The first-order valence-electron chi connectivity index (χ1n) is 4.81. The van der Waals surface area contributed by atoms with Crippen LogP contribution in [0.15, 0.2) is 12.4 Å². The van der Waals surface area contributed by atoms with Gasteiger partial charge in [0, 0.05) is 24.9 Å². The van der Waals surface area contributed by atoms with Crippen molar-refractivity contribution in [3.8, 4) is 0 Å². The molecular formula is C9H11N5. The quantitative estimate of drug-likeness (QED) is 0.682. The van der Waals surface area contributed by atoms with Crippen molar-refractivity contribution in [2.75, 3.05) is 13.1 Å². The molecule has 1 aliphatic rings. The van der Waals surface area contributed by atoms with E-state index in [-0.39, 0.29) is 0 Å². The van der Waals surface area contributed by atoms with Crippen molar-refractivity contribution in [1.29, 1.82) is 0 Å². The molecule has 0 aliphatic carbocycles. The van der Waals surface area contributed by atoms with Crippen molar-refractivity contribution >= 4 is 11.2 Å². The Balaban J connectivity index is 2.11. The number of nitrogens with one attached hydrogen (secondary N) is 2. The van der Waals surface area contributed by atoms with E-state index in [0.29, 0.717) is 5.92 Å². The lowest BCUT2D eigenvalue weighted by Crippen LogP contribution is -2.08. The van der Waals surface area contributed by atoms with E-state index in [0.717, 1.165) is 36.4 Å². The highest BCUT2D eigenvalue weighted by atomic mass is 15.2. The summed E-state index contributed by atoms with van der Waals surface area (Å²) >= 11 is 0. The minimum atomic E-state index is 0.511. The minimum absolute atomic E-state index is 0.511. The molecule has 1 saturated heterocycles. The topological polar surface area (TPSA) is 66.5 Å². The Morgan fingerprint density at radius 3 is 3.07 bits per heavy atom. The number of hydrogen-bond acceptors (Lipinski definition) is 4. The van der Waals surface area contributed by atoms with Crippen LogP contribution < -0.4 is 5.32 Å². The summed E-state index contributed by atoms with van der Waals surface area (Å²) in [6.45, 7) is 2.08. The van der Waals surface area contributed by atoms with Crippen LogP contribution in [0.1, 0.15) is 18.0 Å². The molecule has 0 amide bonds. The summed E-state index contributed by atoms with van der Waals surface area (Å²) in [6, 6.07) is 0. The van der Waals surface area contributed by atoms with Crippen LogP contribution >= 0.6 is 0 Å². The first-order chi connectivity index (χ1) is 6.95. The molecule has 0 spiro atoms. The molecule has 3 heterocycles. The maximum Gasteiger partial charge on any atom is 0.199 e. The first-order valence-corrected chi connectivity index (χ1v) is 4.81. The molecule has 0 unspecified atom stereocenters. The van der Waals surface area contributed by atoms with Gasteiger partial charge in [0.15, 0.2) is 5.65 Å². The van der Waals surface area contributed by atoms with Crippen LogP contribution in [0.2, 0.25) is 0 Å². The van der Waals surface area contributed by atoms with Gasteiger partial charge < -0.3 is 5.32 Å². The molecule has 0 radical (unpaired) electrons. The molecule has 5 heteroatoms. The monoisotopic (exact) mass is 189 g/mol. The third-order valence-corrected chi connectivity index (χ3v) is 2.68. The number of fused-ring (bicyclic) bond motifs is 1. The minimum Gasteiger partial charge on any atom is -0.316 e. The van der Waals surface area contributed by atoms with Crippen molar-refractivity contribution in [3.63, 3.8) is 0 Å². The number of nitrogens with zero attached hydrogens (tertiary/aromatic N) is 3. The van der Waals surface area contributed by atoms with Gasteiger partial charge in [-0.15, -0.1) is 0 Å². The van der Waals surface area contributed by atoms with E-state index in [9.17, 15) is 0 Å². The summed E-state index contributed by atoms with van der Waals surface area (Å²) < 4.78 is 0. The highest BCUT2D eigenvalue weighted by Crippen LogP contribution is 2.24. The maximum atomic E-state index is 4.30. The summed E-state index contributed by atoms with van der Waals surface area (Å²) in [5.74, 6) is 0.511. The molecule has 2 aromatic heterocycles. The second-order valence-electron chi connectivity index (χ2n) is 3.56. The molecule has 14 heavy (non-hydrogen) atoms. The van der Waals surface area contributed by atoms with E-state index >= 15 is 0 Å². The molecule has 5 nitrogen and oxygen atoms in total. The summed E-state index contributed by atoms with van der Waals surface area (Å²) in [5.41, 5.74) is 2.76. The molecule has 0 bridgehead atoms. The smallest absolute Gasteiger partial charge is 0.199 e. The standard InChI is InChI=1S/C9H11N5/c1-2-10-5-6(1)7-8-9(14-13-7)12-4-3-11-8/h3-4,6,10H,1-2,5H2,(H,12,13,14)/t6-/m0/s1. The SMILES string of the molecule is c1cnc2c([C@H]3CCNC3)[nH]nc2n1. The average molecular weight is 189 g/mol. The van der Waals surface area contributed by atoms with Crippen LogP contribution in [0.3, 0.4) is 0 Å². The van der Waals surface area contributed by atoms with Gasteiger partial charge in [-0.2, -0.15) is 5.10 Å². The largest absolute Gasteiger partial charge is 0.316 e. The average Bonchev–Trinajstić information content (AvgIpc) is 2.85. The summed E-state index contributed by atoms with van der Waals surface area (Å²) in [7, 11) is 0. The third-order valence-electron chi connectivity index (χ3n) is 2.68. The van der Waals surface area contributed by atoms with E-state index in [4.69, 9.17) is 0 Å². The van der Waals surface area contributed by atoms with E-state index < -0.39 is 0 Å². The van der Waals surface area contributed by atoms with Crippen LogP contribution in [0, 0.1) is 0 Å². The molecule has 3 rings (SSSR count). The Morgan fingerprint density at radius 2 is 2.21 bits per heavy atom. The zero-order valence-electron chi connectivity index (χ0n) is 7.70. The molecule has 1 fully saturated rings. The Labute approximate surface area is 81.0 Å². The Bertz CT molecular complexity index is 443. The van der Waals surface area contributed by atoms with Crippen LogP contribution in [0.4, 0.5) is 0 Å². The summed E-state index contributed by atoms with van der Waals surface area (Å²) in [6.07, 6.45) is 4.53. The summed E-state index contributed by atoms with van der Waals surface area (Å²) in [4.78, 5) is 8.45. The number of rotatable bonds is 1. The van der Waals surface area contributed by atoms with Gasteiger partial charge >= 0.3 is 0 Å². The fourth-order valence-electron chi connectivity index (χ4n) is 1.95. The number of aromatic nitrogens is 4. The predicted octanol–water partition coefficient (Wildman–Crippen LogP) is 0.430. The van der Waals surface area contributed by atoms with Gasteiger partial charge in [-0.3, -0.25) is 5.10 Å². The Kier molecular flexibility index (Phi) is 1.70. The van der Waals surface area contributed by atoms with Gasteiger partial charge in [-0.1, -0.05) is 0 Å². The Morgan fingerprint density at radius 1 is 1.29 bits per heavy atom. The van der Waals surface area contributed by atoms with Crippen molar-refractivity contribution in [2.24, 2.45) is 0 Å². The number of H-pyrrole nitrogens is 1. The van der Waals surface area contributed by atoms with E-state index in [2.05, 4.69) is 25.5 Å². The molecule has 72 valence electrons. The van der Waals surface area contributed by atoms with Gasteiger partial charge in [0.05, 0.1) is 5.69 Å². The number of hydrogen-bond donors (Lipinski definition) is 2. The fourth-order valence-corrected chi connectivity index (χ4v) is 1.95. The predicted molar refractivity (Wildman–Crippen MR) is 51.9 cm³/mol. The molecule has 0 aromatic carbocycles. The zero-order chi connectivity index (χ0) is 9.38. The second-order valence-corrected chi connectivity index (χ2v) is 3.56. The third kappa shape index (κ3) is 1.09. The molecule has 0 saturated carbocycles. The number of aromatic amines is 1. The van der Waals surface area contributed by atoms with Crippen molar-refractivity contribution in [3.05, 3.63) is 18.1 Å². The molecular weight excluding hydrogens is 178 g/mol. The lowest BCUT2D eigenvalue weighted by Gasteiger charge is -2.03. The normalized spacial score (nSPS) is 21.9. The highest BCUT2D eigenvalue weighted by Gasteiger charge is 2.21. The van der Waals surface area contributed by atoms with Crippen molar-refractivity contribution in [2.45, 2.75) is 12.3 Å². The highest BCUT2D eigenvalue weighted by molar-refractivity contribution is 5.72. The fraction of sp³-hybridized carbons (Fsp3) is 0.444. The van der Waals surface area contributed by atoms with E-state index in [1.54, 1.807) is 12.4 Å². The van der Waals surface area contributed by atoms with Gasteiger partial charge in [0.1, 0.15) is 5.52 Å². The second kappa shape index (κ2) is 3.02. The Hall–Kier alpha value is -1.49. The molecule has 1 atom stereocenters. The van der Waals surface area contributed by atoms with Crippen LogP contribution in [-0.4, -0.2) is 33.3 Å².